The van der Waals surface area contributed by atoms with Gasteiger partial charge in [0.25, 0.3) is 0 Å². The fraction of sp³-hybridized carbons (Fsp3) is 0.222. The predicted octanol–water partition coefficient (Wildman–Crippen LogP) is 4.83. The molecule has 0 bridgehead atoms. The molecule has 0 unspecified atom stereocenters. The molecule has 23 heavy (non-hydrogen) atoms. The monoisotopic (exact) mass is 319 g/mol. The molecule has 0 amide bonds. The Kier molecular flexibility index (Phi) is 4.39. The summed E-state index contributed by atoms with van der Waals surface area (Å²) in [6, 6.07) is 8.05. The molecule has 1 heterocycles. The van der Waals surface area contributed by atoms with Crippen molar-refractivity contribution in [2.45, 2.75) is 13.3 Å². The molecule has 0 radical (unpaired) electrons. The highest BCUT2D eigenvalue weighted by Gasteiger charge is 2.17. The van der Waals surface area contributed by atoms with Crippen molar-refractivity contribution in [1.29, 1.82) is 0 Å². The van der Waals surface area contributed by atoms with Crippen LogP contribution < -0.4 is 0 Å². The molecular formula is C18H16F3NO. The van der Waals surface area contributed by atoms with Crippen molar-refractivity contribution in [2.75, 3.05) is 13.2 Å². The summed E-state index contributed by atoms with van der Waals surface area (Å²) in [5.41, 5.74) is 2.38. The van der Waals surface area contributed by atoms with Gasteiger partial charge in [-0.3, -0.25) is 0 Å². The van der Waals surface area contributed by atoms with Crippen molar-refractivity contribution >= 4 is 10.9 Å². The number of ether oxygens (including phenoxy) is 1. The summed E-state index contributed by atoms with van der Waals surface area (Å²) in [7, 11) is 0. The summed E-state index contributed by atoms with van der Waals surface area (Å²) in [6.45, 7) is 2.89. The van der Waals surface area contributed by atoms with Crippen molar-refractivity contribution in [1.82, 2.24) is 4.98 Å². The lowest BCUT2D eigenvalue weighted by molar-refractivity contribution is 0.151. The van der Waals surface area contributed by atoms with Crippen LogP contribution in [-0.4, -0.2) is 18.2 Å². The van der Waals surface area contributed by atoms with E-state index in [1.165, 1.54) is 18.2 Å². The molecule has 1 aromatic heterocycles. The standard InChI is InChI=1S/C18H16F3NO/c1-2-23-8-7-14-15-9-13(20)10-16(21)18(15)22-17(14)11-3-5-12(19)6-4-11/h3-6,9-10,22H,2,7-8H2,1H3. The van der Waals surface area contributed by atoms with E-state index >= 15 is 0 Å². The largest absolute Gasteiger partial charge is 0.381 e. The lowest BCUT2D eigenvalue weighted by Crippen LogP contribution is -1.99. The third kappa shape index (κ3) is 3.10. The number of benzene rings is 2. The summed E-state index contributed by atoms with van der Waals surface area (Å²) in [5, 5.41) is 0.488. The van der Waals surface area contributed by atoms with Crippen LogP contribution in [0, 0.1) is 17.5 Å². The summed E-state index contributed by atoms with van der Waals surface area (Å²) >= 11 is 0. The van der Waals surface area contributed by atoms with Gasteiger partial charge in [0.2, 0.25) is 0 Å². The Hall–Kier alpha value is -2.27. The molecule has 0 aliphatic carbocycles. The maximum atomic E-state index is 14.0. The number of hydrogen-bond acceptors (Lipinski definition) is 1. The number of halogens is 3. The molecule has 1 N–H and O–H groups in total. The van der Waals surface area contributed by atoms with E-state index in [0.717, 1.165) is 11.6 Å². The Morgan fingerprint density at radius 3 is 2.43 bits per heavy atom. The second-order valence-electron chi connectivity index (χ2n) is 5.24. The lowest BCUT2D eigenvalue weighted by atomic mass is 10.0. The van der Waals surface area contributed by atoms with Gasteiger partial charge in [0.05, 0.1) is 12.1 Å². The summed E-state index contributed by atoms with van der Waals surface area (Å²) < 4.78 is 46.1. The van der Waals surface area contributed by atoms with Crippen LogP contribution in [0.15, 0.2) is 36.4 Å². The molecule has 0 saturated carbocycles. The van der Waals surface area contributed by atoms with Gasteiger partial charge in [-0.1, -0.05) is 0 Å². The second-order valence-corrected chi connectivity index (χ2v) is 5.24. The first-order valence-corrected chi connectivity index (χ1v) is 7.43. The van der Waals surface area contributed by atoms with Crippen LogP contribution in [0.3, 0.4) is 0 Å². The molecule has 2 nitrogen and oxygen atoms in total. The van der Waals surface area contributed by atoms with Crippen LogP contribution >= 0.6 is 0 Å². The minimum Gasteiger partial charge on any atom is -0.381 e. The third-order valence-corrected chi connectivity index (χ3v) is 3.77. The number of nitrogens with one attached hydrogen (secondary N) is 1. The minimum atomic E-state index is -0.647. The molecule has 3 rings (SSSR count). The third-order valence-electron chi connectivity index (χ3n) is 3.77. The van der Waals surface area contributed by atoms with Crippen molar-refractivity contribution in [3.05, 3.63) is 59.4 Å². The average molecular weight is 319 g/mol. The quantitative estimate of drug-likeness (QED) is 0.669. The molecule has 0 fully saturated rings. The van der Waals surface area contributed by atoms with Crippen molar-refractivity contribution < 1.29 is 17.9 Å². The van der Waals surface area contributed by atoms with Crippen molar-refractivity contribution in [2.24, 2.45) is 0 Å². The fourth-order valence-corrected chi connectivity index (χ4v) is 2.71. The van der Waals surface area contributed by atoms with Gasteiger partial charge in [-0.15, -0.1) is 0 Å². The van der Waals surface area contributed by atoms with Crippen LogP contribution in [0.4, 0.5) is 13.2 Å². The summed E-state index contributed by atoms with van der Waals surface area (Å²) in [4.78, 5) is 3.00. The van der Waals surface area contributed by atoms with Crippen LogP contribution in [0.5, 0.6) is 0 Å². The Morgan fingerprint density at radius 1 is 1.00 bits per heavy atom. The maximum absolute atomic E-state index is 14.0. The maximum Gasteiger partial charge on any atom is 0.150 e. The van der Waals surface area contributed by atoms with E-state index in [4.69, 9.17) is 4.74 Å². The first-order chi connectivity index (χ1) is 11.1. The Bertz CT molecular complexity index is 824. The highest BCUT2D eigenvalue weighted by atomic mass is 19.1. The van der Waals surface area contributed by atoms with E-state index in [1.54, 1.807) is 12.1 Å². The topological polar surface area (TPSA) is 25.0 Å². The first kappa shape index (κ1) is 15.6. The molecule has 5 heteroatoms. The number of fused-ring (bicyclic) bond motifs is 1. The van der Waals surface area contributed by atoms with E-state index in [-0.39, 0.29) is 11.3 Å². The van der Waals surface area contributed by atoms with Gasteiger partial charge in [-0.2, -0.15) is 0 Å². The average Bonchev–Trinajstić information content (AvgIpc) is 2.87. The van der Waals surface area contributed by atoms with Gasteiger partial charge >= 0.3 is 0 Å². The van der Waals surface area contributed by atoms with Gasteiger partial charge in [0.1, 0.15) is 17.5 Å². The zero-order valence-electron chi connectivity index (χ0n) is 12.6. The SMILES string of the molecule is CCOCCc1c(-c2ccc(F)cc2)[nH]c2c(F)cc(F)cc12. The highest BCUT2D eigenvalue weighted by molar-refractivity contribution is 5.91. The van der Waals surface area contributed by atoms with Crippen LogP contribution in [-0.2, 0) is 11.2 Å². The summed E-state index contributed by atoms with van der Waals surface area (Å²) in [6.07, 6.45) is 0.503. The van der Waals surface area contributed by atoms with E-state index < -0.39 is 11.6 Å². The van der Waals surface area contributed by atoms with Gasteiger partial charge < -0.3 is 9.72 Å². The Labute approximate surface area is 131 Å². The number of aromatic amines is 1. The fourth-order valence-electron chi connectivity index (χ4n) is 2.71. The van der Waals surface area contributed by atoms with Gasteiger partial charge in [0, 0.05) is 23.8 Å². The second kappa shape index (κ2) is 6.46. The Balaban J connectivity index is 2.16. The molecule has 120 valence electrons. The van der Waals surface area contributed by atoms with Crippen molar-refractivity contribution in [3.63, 3.8) is 0 Å². The number of hydrogen-bond donors (Lipinski definition) is 1. The normalized spacial score (nSPS) is 11.3. The minimum absolute atomic E-state index is 0.247. The van der Waals surface area contributed by atoms with E-state index in [1.807, 2.05) is 6.92 Å². The molecule has 2 aromatic carbocycles. The van der Waals surface area contributed by atoms with Crippen LogP contribution in [0.2, 0.25) is 0 Å². The molecule has 0 aliphatic heterocycles. The molecular weight excluding hydrogens is 303 g/mol. The van der Waals surface area contributed by atoms with E-state index in [0.29, 0.717) is 36.3 Å². The van der Waals surface area contributed by atoms with Crippen LogP contribution in [0.25, 0.3) is 22.2 Å². The zero-order chi connectivity index (χ0) is 16.4. The predicted molar refractivity (Wildman–Crippen MR) is 83.8 cm³/mol. The number of H-pyrrole nitrogens is 1. The molecule has 3 aromatic rings. The number of rotatable bonds is 5. The zero-order valence-corrected chi connectivity index (χ0v) is 12.6. The smallest absolute Gasteiger partial charge is 0.150 e. The lowest BCUT2D eigenvalue weighted by Gasteiger charge is -2.06. The van der Waals surface area contributed by atoms with E-state index in [9.17, 15) is 13.2 Å². The molecule has 0 saturated heterocycles. The molecule has 0 atom stereocenters. The number of aromatic nitrogens is 1. The highest BCUT2D eigenvalue weighted by Crippen LogP contribution is 2.32. The van der Waals surface area contributed by atoms with E-state index in [2.05, 4.69) is 4.98 Å². The van der Waals surface area contributed by atoms with Crippen LogP contribution in [0.1, 0.15) is 12.5 Å². The van der Waals surface area contributed by atoms with Gasteiger partial charge in [-0.25, -0.2) is 13.2 Å². The Morgan fingerprint density at radius 2 is 1.74 bits per heavy atom. The molecule has 0 spiro atoms. The van der Waals surface area contributed by atoms with Gasteiger partial charge in [0.15, 0.2) is 0 Å². The summed E-state index contributed by atoms with van der Waals surface area (Å²) in [5.74, 6) is -1.62. The van der Waals surface area contributed by atoms with Crippen molar-refractivity contribution in [3.8, 4) is 11.3 Å². The first-order valence-electron chi connectivity index (χ1n) is 7.43. The van der Waals surface area contributed by atoms with Gasteiger partial charge in [-0.05, 0) is 54.8 Å². The molecule has 0 aliphatic rings.